The van der Waals surface area contributed by atoms with Gasteiger partial charge in [-0.1, -0.05) is 36.4 Å². The molecule has 1 atom stereocenters. The van der Waals surface area contributed by atoms with Gasteiger partial charge < -0.3 is 25.2 Å². The summed E-state index contributed by atoms with van der Waals surface area (Å²) in [4.78, 5) is 13.0. The van der Waals surface area contributed by atoms with Crippen molar-refractivity contribution < 1.29 is 23.8 Å². The normalized spacial score (nSPS) is 16.9. The minimum Gasteiger partial charge on any atom is -0.488 e. The largest absolute Gasteiger partial charge is 0.488 e. The summed E-state index contributed by atoms with van der Waals surface area (Å²) >= 11 is 0. The number of piperidine rings is 1. The zero-order valence-electron chi connectivity index (χ0n) is 20.9. The molecule has 1 aliphatic carbocycles. The lowest BCUT2D eigenvalue weighted by molar-refractivity contribution is -0.129. The van der Waals surface area contributed by atoms with Gasteiger partial charge in [-0.05, 0) is 66.5 Å². The standard InChI is InChI=1S/C30H33FN2O4/c31-29-25(5-3-6-26(29)27(32)17-34)23-14-21(18-37-28-7-2-1-4-22(28)19-36-20-35)15-24(16-23)33-12-10-30(8-9-30)11-13-33/h1-7,14-16,20,27,34H,8-13,17-19,32H2/t27-/m0/s1. The van der Waals surface area contributed by atoms with Crippen LogP contribution in [-0.4, -0.2) is 31.3 Å². The Kier molecular flexibility index (Phi) is 7.44. The number of hydrogen-bond acceptors (Lipinski definition) is 6. The number of nitrogens with two attached hydrogens (primary N) is 1. The summed E-state index contributed by atoms with van der Waals surface area (Å²) in [6, 6.07) is 17.9. The van der Waals surface area contributed by atoms with Crippen LogP contribution in [0.2, 0.25) is 0 Å². The van der Waals surface area contributed by atoms with Crippen molar-refractivity contribution >= 4 is 12.2 Å². The molecule has 3 N–H and O–H groups in total. The summed E-state index contributed by atoms with van der Waals surface area (Å²) in [6.45, 7) is 2.45. The van der Waals surface area contributed by atoms with Crippen molar-refractivity contribution in [2.45, 2.75) is 44.9 Å². The summed E-state index contributed by atoms with van der Waals surface area (Å²) in [6.07, 6.45) is 5.03. The van der Waals surface area contributed by atoms with E-state index in [1.807, 2.05) is 36.4 Å². The van der Waals surface area contributed by atoms with Gasteiger partial charge in [0.2, 0.25) is 0 Å². The minimum absolute atomic E-state index is 0.129. The van der Waals surface area contributed by atoms with Gasteiger partial charge in [-0.3, -0.25) is 4.79 Å². The van der Waals surface area contributed by atoms with Crippen LogP contribution in [0.15, 0.2) is 60.7 Å². The van der Waals surface area contributed by atoms with Crippen molar-refractivity contribution in [2.24, 2.45) is 11.1 Å². The van der Waals surface area contributed by atoms with Crippen LogP contribution in [0.4, 0.5) is 10.1 Å². The molecule has 1 saturated heterocycles. The molecule has 1 aliphatic heterocycles. The Morgan fingerprint density at radius 1 is 1.03 bits per heavy atom. The first kappa shape index (κ1) is 25.2. The molecule has 2 aliphatic rings. The first-order chi connectivity index (χ1) is 18.0. The van der Waals surface area contributed by atoms with Gasteiger partial charge in [0.25, 0.3) is 6.47 Å². The number of para-hydroxylation sites is 1. The van der Waals surface area contributed by atoms with E-state index in [-0.39, 0.29) is 19.8 Å². The fourth-order valence-electron chi connectivity index (χ4n) is 5.22. The summed E-state index contributed by atoms with van der Waals surface area (Å²) in [5, 5.41) is 9.49. The van der Waals surface area contributed by atoms with Gasteiger partial charge >= 0.3 is 0 Å². The molecule has 6 nitrogen and oxygen atoms in total. The second-order valence-electron chi connectivity index (χ2n) is 10.2. The van der Waals surface area contributed by atoms with Crippen LogP contribution in [0, 0.1) is 11.2 Å². The van der Waals surface area contributed by atoms with E-state index in [1.54, 1.807) is 18.2 Å². The molecule has 37 heavy (non-hydrogen) atoms. The van der Waals surface area contributed by atoms with Crippen LogP contribution in [0.5, 0.6) is 5.75 Å². The van der Waals surface area contributed by atoms with Crippen LogP contribution in [-0.2, 0) is 22.7 Å². The third-order valence-corrected chi connectivity index (χ3v) is 7.73. The zero-order valence-corrected chi connectivity index (χ0v) is 20.9. The highest BCUT2D eigenvalue weighted by Gasteiger charge is 2.44. The zero-order chi connectivity index (χ0) is 25.8. The van der Waals surface area contributed by atoms with E-state index in [0.29, 0.717) is 28.8 Å². The van der Waals surface area contributed by atoms with Crippen LogP contribution < -0.4 is 15.4 Å². The van der Waals surface area contributed by atoms with Crippen molar-refractivity contribution in [1.82, 2.24) is 0 Å². The maximum atomic E-state index is 15.6. The number of benzene rings is 3. The lowest BCUT2D eigenvalue weighted by Gasteiger charge is -2.34. The second kappa shape index (κ2) is 10.9. The molecule has 0 aromatic heterocycles. The summed E-state index contributed by atoms with van der Waals surface area (Å²) in [5.74, 6) is 0.215. The number of carbonyl (C=O) groups is 1. The molecule has 2 fully saturated rings. The molecular weight excluding hydrogens is 471 g/mol. The van der Waals surface area contributed by atoms with E-state index < -0.39 is 11.9 Å². The molecule has 1 saturated carbocycles. The van der Waals surface area contributed by atoms with E-state index in [1.165, 1.54) is 25.7 Å². The molecular formula is C30H33FN2O4. The van der Waals surface area contributed by atoms with E-state index in [4.69, 9.17) is 15.2 Å². The Bertz CT molecular complexity index is 1250. The van der Waals surface area contributed by atoms with Gasteiger partial charge in [-0.2, -0.15) is 0 Å². The Labute approximate surface area is 216 Å². The van der Waals surface area contributed by atoms with E-state index in [0.717, 1.165) is 35.5 Å². The van der Waals surface area contributed by atoms with Gasteiger partial charge in [0.15, 0.2) is 0 Å². The van der Waals surface area contributed by atoms with Crippen molar-refractivity contribution in [1.29, 1.82) is 0 Å². The van der Waals surface area contributed by atoms with Gasteiger partial charge in [-0.25, -0.2) is 4.39 Å². The molecule has 0 amide bonds. The average Bonchev–Trinajstić information content (AvgIpc) is 3.69. The smallest absolute Gasteiger partial charge is 0.293 e. The molecule has 1 spiro atoms. The number of aliphatic hydroxyl groups excluding tert-OH is 1. The van der Waals surface area contributed by atoms with E-state index in [9.17, 15) is 9.90 Å². The van der Waals surface area contributed by atoms with Gasteiger partial charge in [0, 0.05) is 35.5 Å². The molecule has 0 unspecified atom stereocenters. The first-order valence-electron chi connectivity index (χ1n) is 12.8. The van der Waals surface area contributed by atoms with Crippen molar-refractivity contribution in [3.05, 3.63) is 83.2 Å². The Morgan fingerprint density at radius 2 is 1.81 bits per heavy atom. The molecule has 1 heterocycles. The molecule has 0 radical (unpaired) electrons. The minimum atomic E-state index is -0.784. The van der Waals surface area contributed by atoms with Crippen LogP contribution in [0.3, 0.4) is 0 Å². The SMILES string of the molecule is N[C@@H](CO)c1cccc(-c2cc(COc3ccccc3COC=O)cc(N3CCC4(CC3)CC4)c2)c1F. The van der Waals surface area contributed by atoms with E-state index >= 15 is 4.39 Å². The molecule has 5 rings (SSSR count). The Hall–Kier alpha value is -3.42. The fraction of sp³-hybridized carbons (Fsp3) is 0.367. The monoisotopic (exact) mass is 504 g/mol. The van der Waals surface area contributed by atoms with Crippen molar-refractivity contribution in [3.8, 4) is 16.9 Å². The van der Waals surface area contributed by atoms with Gasteiger partial charge in [-0.15, -0.1) is 0 Å². The second-order valence-corrected chi connectivity index (χ2v) is 10.2. The predicted octanol–water partition coefficient (Wildman–Crippen LogP) is 5.12. The first-order valence-corrected chi connectivity index (χ1v) is 12.8. The highest BCUT2D eigenvalue weighted by atomic mass is 19.1. The summed E-state index contributed by atoms with van der Waals surface area (Å²) in [5.41, 5.74) is 10.7. The Balaban J connectivity index is 1.46. The number of nitrogens with zero attached hydrogens (tertiary/aromatic N) is 1. The molecule has 7 heteroatoms. The van der Waals surface area contributed by atoms with E-state index in [2.05, 4.69) is 11.0 Å². The van der Waals surface area contributed by atoms with Crippen LogP contribution in [0.1, 0.15) is 48.4 Å². The van der Waals surface area contributed by atoms with Crippen molar-refractivity contribution in [3.63, 3.8) is 0 Å². The van der Waals surface area contributed by atoms with Gasteiger partial charge in [0.05, 0.1) is 12.6 Å². The number of carbonyl (C=O) groups excluding carboxylic acids is 1. The fourth-order valence-corrected chi connectivity index (χ4v) is 5.22. The highest BCUT2D eigenvalue weighted by Crippen LogP contribution is 2.54. The number of rotatable bonds is 10. The number of aliphatic hydroxyl groups is 1. The van der Waals surface area contributed by atoms with Gasteiger partial charge in [0.1, 0.15) is 24.8 Å². The maximum Gasteiger partial charge on any atom is 0.293 e. The Morgan fingerprint density at radius 3 is 2.54 bits per heavy atom. The number of anilines is 1. The number of ether oxygens (including phenoxy) is 2. The average molecular weight is 505 g/mol. The molecule has 3 aromatic rings. The summed E-state index contributed by atoms with van der Waals surface area (Å²) < 4.78 is 26.6. The number of halogens is 1. The van der Waals surface area contributed by atoms with Crippen LogP contribution in [0.25, 0.3) is 11.1 Å². The number of hydrogen-bond donors (Lipinski definition) is 2. The highest BCUT2D eigenvalue weighted by molar-refractivity contribution is 5.71. The van der Waals surface area contributed by atoms with Crippen LogP contribution >= 0.6 is 0 Å². The summed E-state index contributed by atoms with van der Waals surface area (Å²) in [7, 11) is 0. The van der Waals surface area contributed by atoms with Crippen molar-refractivity contribution in [2.75, 3.05) is 24.6 Å². The molecule has 3 aromatic carbocycles. The molecule has 0 bridgehead atoms. The quantitative estimate of drug-likeness (QED) is 0.373. The topological polar surface area (TPSA) is 85.0 Å². The third-order valence-electron chi connectivity index (χ3n) is 7.73. The third kappa shape index (κ3) is 5.63. The lowest BCUT2D eigenvalue weighted by Crippen LogP contribution is -2.34. The predicted molar refractivity (Wildman–Crippen MR) is 141 cm³/mol. The molecule has 194 valence electrons. The maximum absolute atomic E-state index is 15.6. The lowest BCUT2D eigenvalue weighted by atomic mass is 9.92.